The highest BCUT2D eigenvalue weighted by molar-refractivity contribution is 8.18. The van der Waals surface area contributed by atoms with Crippen molar-refractivity contribution in [2.45, 2.75) is 19.4 Å². The molecule has 2 saturated heterocycles. The molecule has 0 unspecified atom stereocenters. The van der Waals surface area contributed by atoms with E-state index in [0.717, 1.165) is 67.6 Å². The van der Waals surface area contributed by atoms with Crippen molar-refractivity contribution >= 4 is 62.2 Å². The van der Waals surface area contributed by atoms with Crippen molar-refractivity contribution in [3.8, 4) is 11.3 Å². The van der Waals surface area contributed by atoms with Crippen LogP contribution in [0.2, 0.25) is 0 Å². The summed E-state index contributed by atoms with van der Waals surface area (Å²) in [5.74, 6) is 1.33. The van der Waals surface area contributed by atoms with Crippen LogP contribution in [0.15, 0.2) is 58.9 Å². The van der Waals surface area contributed by atoms with Crippen LogP contribution in [0, 0.1) is 5.92 Å². The third-order valence-electron chi connectivity index (χ3n) is 6.97. The lowest BCUT2D eigenvalue weighted by molar-refractivity contribution is -0.115. The second-order valence-electron chi connectivity index (χ2n) is 9.58. The number of carbonyl (C=O) groups is 2. The second-order valence-corrected chi connectivity index (χ2v) is 11.5. The summed E-state index contributed by atoms with van der Waals surface area (Å²) in [5.41, 5.74) is 9.89. The largest absolute Gasteiger partial charge is 0.384 e. The monoisotopic (exact) mass is 557 g/mol. The predicted octanol–water partition coefficient (Wildman–Crippen LogP) is 4.67. The minimum atomic E-state index is -0.385. The predicted molar refractivity (Wildman–Crippen MR) is 157 cm³/mol. The Morgan fingerprint density at radius 1 is 1.10 bits per heavy atom. The highest BCUT2D eigenvalue weighted by Crippen LogP contribution is 2.35. The number of nitrogens with one attached hydrogen (secondary N) is 2. The molecule has 2 aliphatic heterocycles. The number of piperidine rings is 1. The second kappa shape index (κ2) is 11.1. The Labute approximate surface area is 233 Å². The van der Waals surface area contributed by atoms with Crippen LogP contribution >= 0.6 is 23.1 Å². The number of thiophene rings is 1. The first-order chi connectivity index (χ1) is 19.0. The average molecular weight is 558 g/mol. The van der Waals surface area contributed by atoms with E-state index in [0.29, 0.717) is 28.3 Å². The number of amides is 2. The molecule has 2 fully saturated rings. The maximum Gasteiger partial charge on any atom is 0.290 e. The number of pyridine rings is 1. The SMILES string of the molecule is Nc1ccc(CNCC2CCN(c3nccc(/C=C4/SC(=O)NC4=O)n3)CC2)c(-c2csc3ccccc23)n1. The van der Waals surface area contributed by atoms with E-state index in [-0.39, 0.29) is 11.1 Å². The Balaban J connectivity index is 1.06. The lowest BCUT2D eigenvalue weighted by atomic mass is 9.96. The quantitative estimate of drug-likeness (QED) is 0.278. The number of hydrogen-bond donors (Lipinski definition) is 3. The number of nitrogens with zero attached hydrogens (tertiary/aromatic N) is 4. The van der Waals surface area contributed by atoms with Crippen molar-refractivity contribution in [2.75, 3.05) is 30.3 Å². The number of thioether (sulfide) groups is 1. The van der Waals surface area contributed by atoms with Gasteiger partial charge in [0.2, 0.25) is 5.95 Å². The first-order valence-corrected chi connectivity index (χ1v) is 14.5. The minimum Gasteiger partial charge on any atom is -0.384 e. The molecule has 0 spiro atoms. The molecule has 2 aliphatic rings. The van der Waals surface area contributed by atoms with Gasteiger partial charge in [0.25, 0.3) is 11.1 Å². The average Bonchev–Trinajstić information content (AvgIpc) is 3.52. The smallest absolute Gasteiger partial charge is 0.290 e. The Bertz CT molecular complexity index is 1580. The molecular weight excluding hydrogens is 530 g/mol. The van der Waals surface area contributed by atoms with Gasteiger partial charge < -0.3 is 16.0 Å². The highest BCUT2D eigenvalue weighted by Gasteiger charge is 2.26. The summed E-state index contributed by atoms with van der Waals surface area (Å²) in [7, 11) is 0. The molecule has 2 amide bonds. The van der Waals surface area contributed by atoms with Crippen LogP contribution in [0.4, 0.5) is 16.6 Å². The molecule has 0 aliphatic carbocycles. The molecule has 0 radical (unpaired) electrons. The number of carbonyl (C=O) groups excluding carboxylic acids is 2. The fraction of sp³-hybridized carbons (Fsp3) is 0.250. The number of hydrogen-bond acceptors (Lipinski definition) is 10. The first-order valence-electron chi connectivity index (χ1n) is 12.8. The van der Waals surface area contributed by atoms with Gasteiger partial charge in [0.15, 0.2) is 0 Å². The summed E-state index contributed by atoms with van der Waals surface area (Å²) < 4.78 is 1.24. The van der Waals surface area contributed by atoms with Crippen LogP contribution in [-0.2, 0) is 11.3 Å². The van der Waals surface area contributed by atoms with Gasteiger partial charge in [0.05, 0.1) is 16.3 Å². The van der Waals surface area contributed by atoms with Gasteiger partial charge in [-0.05, 0) is 66.9 Å². The van der Waals surface area contributed by atoms with Crippen molar-refractivity contribution in [3.63, 3.8) is 0 Å². The molecule has 198 valence electrons. The molecule has 1 aromatic carbocycles. The van der Waals surface area contributed by atoms with Gasteiger partial charge in [0.1, 0.15) is 5.82 Å². The van der Waals surface area contributed by atoms with E-state index in [9.17, 15) is 9.59 Å². The van der Waals surface area contributed by atoms with Gasteiger partial charge in [-0.2, -0.15) is 0 Å². The highest BCUT2D eigenvalue weighted by atomic mass is 32.2. The van der Waals surface area contributed by atoms with Crippen molar-refractivity contribution in [2.24, 2.45) is 5.92 Å². The Morgan fingerprint density at radius 3 is 2.77 bits per heavy atom. The fourth-order valence-electron chi connectivity index (χ4n) is 4.94. The molecule has 4 aromatic rings. The van der Waals surface area contributed by atoms with Gasteiger partial charge >= 0.3 is 0 Å². The Morgan fingerprint density at radius 2 is 1.95 bits per heavy atom. The van der Waals surface area contributed by atoms with Crippen LogP contribution in [0.1, 0.15) is 24.1 Å². The van der Waals surface area contributed by atoms with Crippen LogP contribution in [0.5, 0.6) is 0 Å². The fourth-order valence-corrected chi connectivity index (χ4v) is 6.55. The van der Waals surface area contributed by atoms with Gasteiger partial charge in [-0.1, -0.05) is 24.3 Å². The first kappa shape index (κ1) is 25.5. The number of nitrogen functional groups attached to an aromatic ring is 1. The van der Waals surface area contributed by atoms with E-state index in [1.165, 1.54) is 10.1 Å². The number of fused-ring (bicyclic) bond motifs is 1. The lowest BCUT2D eigenvalue weighted by Gasteiger charge is -2.32. The molecule has 4 N–H and O–H groups in total. The summed E-state index contributed by atoms with van der Waals surface area (Å²) in [5, 5.41) is 8.93. The molecule has 6 rings (SSSR count). The molecule has 5 heterocycles. The number of benzene rings is 1. The molecule has 39 heavy (non-hydrogen) atoms. The molecule has 0 saturated carbocycles. The van der Waals surface area contributed by atoms with Crippen LogP contribution in [-0.4, -0.2) is 45.7 Å². The zero-order chi connectivity index (χ0) is 26.8. The van der Waals surface area contributed by atoms with E-state index in [1.54, 1.807) is 29.7 Å². The maximum absolute atomic E-state index is 11.8. The maximum atomic E-state index is 11.8. The van der Waals surface area contributed by atoms with E-state index in [1.807, 2.05) is 6.07 Å². The Hall–Kier alpha value is -3.80. The summed E-state index contributed by atoms with van der Waals surface area (Å²) in [6, 6.07) is 14.1. The van der Waals surface area contributed by atoms with Crippen LogP contribution in [0.3, 0.4) is 0 Å². The normalized spacial score (nSPS) is 17.3. The summed E-state index contributed by atoms with van der Waals surface area (Å²) in [6.45, 7) is 3.35. The molecule has 0 atom stereocenters. The molecule has 0 bridgehead atoms. The van der Waals surface area contributed by atoms with Crippen molar-refractivity contribution in [1.29, 1.82) is 0 Å². The van der Waals surface area contributed by atoms with Gasteiger partial charge in [0, 0.05) is 46.9 Å². The zero-order valence-corrected chi connectivity index (χ0v) is 22.7. The van der Waals surface area contributed by atoms with E-state index in [4.69, 9.17) is 10.7 Å². The number of anilines is 2. The molecular formula is C28H27N7O2S2. The number of rotatable bonds is 7. The van der Waals surface area contributed by atoms with Crippen molar-refractivity contribution in [3.05, 3.63) is 70.2 Å². The number of nitrogens with two attached hydrogens (primary N) is 1. The van der Waals surface area contributed by atoms with Gasteiger partial charge in [-0.3, -0.25) is 14.9 Å². The minimum absolute atomic E-state index is 0.348. The van der Waals surface area contributed by atoms with Gasteiger partial charge in [-0.15, -0.1) is 11.3 Å². The van der Waals surface area contributed by atoms with Crippen molar-refractivity contribution < 1.29 is 9.59 Å². The third kappa shape index (κ3) is 5.65. The van der Waals surface area contributed by atoms with E-state index >= 15 is 0 Å². The standard InChI is InChI=1S/C28H27N7O2S2/c29-24-6-5-18(25(33-24)21-16-38-22-4-2-1-3-20(21)22)15-30-14-17-8-11-35(12-9-17)27-31-10-7-19(32-27)13-23-26(36)34-28(37)39-23/h1-7,10,13,16-17,30H,8-9,11-12,14-15H2,(H2,29,33)(H,34,36,37)/b23-13+. The van der Waals surface area contributed by atoms with Crippen LogP contribution in [0.25, 0.3) is 27.4 Å². The molecule has 3 aromatic heterocycles. The van der Waals surface area contributed by atoms with Crippen molar-refractivity contribution in [1.82, 2.24) is 25.6 Å². The van der Waals surface area contributed by atoms with Gasteiger partial charge in [-0.25, -0.2) is 15.0 Å². The number of imide groups is 1. The lowest BCUT2D eigenvalue weighted by Crippen LogP contribution is -2.38. The topological polar surface area (TPSA) is 126 Å². The zero-order valence-electron chi connectivity index (χ0n) is 21.1. The summed E-state index contributed by atoms with van der Waals surface area (Å²) in [6.07, 6.45) is 5.37. The third-order valence-corrected chi connectivity index (χ3v) is 8.74. The summed E-state index contributed by atoms with van der Waals surface area (Å²) in [4.78, 5) is 39.5. The van der Waals surface area contributed by atoms with Crippen LogP contribution < -0.4 is 21.3 Å². The molecule has 9 nitrogen and oxygen atoms in total. The number of aromatic nitrogens is 3. The summed E-state index contributed by atoms with van der Waals surface area (Å²) >= 11 is 2.61. The Kier molecular flexibility index (Phi) is 7.27. The van der Waals surface area contributed by atoms with E-state index in [2.05, 4.69) is 61.2 Å². The van der Waals surface area contributed by atoms with E-state index < -0.39 is 0 Å². The molecule has 11 heteroatoms.